The van der Waals surface area contributed by atoms with E-state index in [2.05, 4.69) is 29.4 Å². The van der Waals surface area contributed by atoms with Crippen molar-refractivity contribution >= 4 is 24.8 Å². The van der Waals surface area contributed by atoms with Gasteiger partial charge >= 0.3 is 0 Å². The van der Waals surface area contributed by atoms with Gasteiger partial charge in [0, 0.05) is 0 Å². The Morgan fingerprint density at radius 3 is 2.33 bits per heavy atom. The van der Waals surface area contributed by atoms with E-state index in [1.807, 2.05) is 12.1 Å². The number of hydrogen-bond acceptors (Lipinski definition) is 3. The third-order valence-electron chi connectivity index (χ3n) is 4.02. The lowest BCUT2D eigenvalue weighted by molar-refractivity contribution is 0.216. The van der Waals surface area contributed by atoms with Crippen LogP contribution in [0.5, 0.6) is 5.75 Å². The van der Waals surface area contributed by atoms with Crippen LogP contribution in [0, 0.1) is 5.92 Å². The van der Waals surface area contributed by atoms with Gasteiger partial charge in [0.25, 0.3) is 0 Å². The molecule has 122 valence electrons. The zero-order chi connectivity index (χ0) is 13.5. The number of halogens is 2. The van der Waals surface area contributed by atoms with Crippen LogP contribution >= 0.6 is 24.8 Å². The number of likely N-dealkylation sites (tertiary alicyclic amines) is 1. The molecule has 1 aromatic rings. The molecule has 0 spiro atoms. The van der Waals surface area contributed by atoms with Gasteiger partial charge < -0.3 is 15.0 Å². The lowest BCUT2D eigenvalue weighted by Gasteiger charge is -2.29. The minimum atomic E-state index is 0. The highest BCUT2D eigenvalue weighted by Gasteiger charge is 2.15. The van der Waals surface area contributed by atoms with E-state index in [-0.39, 0.29) is 24.8 Å². The second-order valence-electron chi connectivity index (χ2n) is 5.55. The lowest BCUT2D eigenvalue weighted by Crippen LogP contribution is -2.35. The summed E-state index contributed by atoms with van der Waals surface area (Å²) < 4.78 is 5.16. The van der Waals surface area contributed by atoms with Crippen LogP contribution in [0.2, 0.25) is 0 Å². The highest BCUT2D eigenvalue weighted by atomic mass is 35.5. The van der Waals surface area contributed by atoms with E-state index >= 15 is 0 Å². The van der Waals surface area contributed by atoms with Gasteiger partial charge in [-0.15, -0.1) is 24.8 Å². The predicted molar refractivity (Wildman–Crippen MR) is 94.3 cm³/mol. The van der Waals surface area contributed by atoms with Crippen molar-refractivity contribution in [2.24, 2.45) is 5.92 Å². The molecule has 0 bridgehead atoms. The van der Waals surface area contributed by atoms with Crippen molar-refractivity contribution in [3.63, 3.8) is 0 Å². The minimum absolute atomic E-state index is 0. The van der Waals surface area contributed by atoms with Gasteiger partial charge in [0.2, 0.25) is 0 Å². The number of hydrogen-bond donors (Lipinski definition) is 1. The molecule has 0 aromatic heterocycles. The summed E-state index contributed by atoms with van der Waals surface area (Å²) in [6.07, 6.45) is 3.77. The minimum Gasteiger partial charge on any atom is -0.497 e. The molecule has 1 aliphatic heterocycles. The van der Waals surface area contributed by atoms with Crippen molar-refractivity contribution in [1.29, 1.82) is 0 Å². The van der Waals surface area contributed by atoms with Crippen molar-refractivity contribution in [3.8, 4) is 5.75 Å². The predicted octanol–water partition coefficient (Wildman–Crippen LogP) is 3.01. The van der Waals surface area contributed by atoms with E-state index in [1.165, 1.54) is 38.0 Å². The van der Waals surface area contributed by atoms with Crippen molar-refractivity contribution in [2.45, 2.75) is 19.3 Å². The zero-order valence-electron chi connectivity index (χ0n) is 13.0. The third-order valence-corrected chi connectivity index (χ3v) is 4.02. The number of benzene rings is 1. The van der Waals surface area contributed by atoms with Crippen LogP contribution in [-0.2, 0) is 6.42 Å². The summed E-state index contributed by atoms with van der Waals surface area (Å²) in [5.74, 6) is 1.80. The molecule has 3 nitrogen and oxygen atoms in total. The topological polar surface area (TPSA) is 24.5 Å². The summed E-state index contributed by atoms with van der Waals surface area (Å²) in [6.45, 7) is 4.75. The molecule has 2 rings (SSSR count). The molecule has 21 heavy (non-hydrogen) atoms. The van der Waals surface area contributed by atoms with Gasteiger partial charge in [0.05, 0.1) is 7.11 Å². The first-order chi connectivity index (χ1) is 9.28. The quantitative estimate of drug-likeness (QED) is 0.809. The summed E-state index contributed by atoms with van der Waals surface area (Å²) in [5.41, 5.74) is 1.37. The SMILES string of the molecule is COc1ccc(CCNCC2CCN(C)CC2)cc1.Cl.Cl. The number of nitrogens with one attached hydrogen (secondary N) is 1. The van der Waals surface area contributed by atoms with E-state index < -0.39 is 0 Å². The molecule has 1 fully saturated rings. The molecule has 0 amide bonds. The molecule has 1 aromatic carbocycles. The van der Waals surface area contributed by atoms with Crippen molar-refractivity contribution in [2.75, 3.05) is 40.3 Å². The van der Waals surface area contributed by atoms with E-state index in [4.69, 9.17) is 4.74 Å². The van der Waals surface area contributed by atoms with Crippen molar-refractivity contribution in [1.82, 2.24) is 10.2 Å². The Morgan fingerprint density at radius 2 is 1.76 bits per heavy atom. The molecule has 0 unspecified atom stereocenters. The average Bonchev–Trinajstić information content (AvgIpc) is 2.46. The Morgan fingerprint density at radius 1 is 1.14 bits per heavy atom. The van der Waals surface area contributed by atoms with Gasteiger partial charge in [0.15, 0.2) is 0 Å². The van der Waals surface area contributed by atoms with Crippen LogP contribution in [-0.4, -0.2) is 45.2 Å². The fraction of sp³-hybridized carbons (Fsp3) is 0.625. The first-order valence-electron chi connectivity index (χ1n) is 7.30. The zero-order valence-corrected chi connectivity index (χ0v) is 14.6. The molecule has 0 radical (unpaired) electrons. The van der Waals surface area contributed by atoms with Crippen LogP contribution in [0.4, 0.5) is 0 Å². The molecule has 1 N–H and O–H groups in total. The molecule has 0 saturated carbocycles. The maximum Gasteiger partial charge on any atom is 0.118 e. The van der Waals surface area contributed by atoms with Crippen molar-refractivity contribution < 1.29 is 4.74 Å². The highest BCUT2D eigenvalue weighted by molar-refractivity contribution is 5.85. The molecule has 1 heterocycles. The smallest absolute Gasteiger partial charge is 0.118 e. The first kappa shape index (κ1) is 20.5. The fourth-order valence-corrected chi connectivity index (χ4v) is 2.60. The van der Waals surface area contributed by atoms with E-state index in [1.54, 1.807) is 7.11 Å². The van der Waals surface area contributed by atoms with Gasteiger partial charge in [-0.05, 0) is 76.1 Å². The van der Waals surface area contributed by atoms with E-state index in [0.717, 1.165) is 24.6 Å². The molecule has 5 heteroatoms. The molecular weight excluding hydrogens is 307 g/mol. The number of ether oxygens (including phenoxy) is 1. The van der Waals surface area contributed by atoms with Crippen LogP contribution < -0.4 is 10.1 Å². The third kappa shape index (κ3) is 7.37. The number of rotatable bonds is 6. The monoisotopic (exact) mass is 334 g/mol. The number of piperidine rings is 1. The maximum absolute atomic E-state index is 5.16. The molecular formula is C16H28Cl2N2O. The number of methoxy groups -OCH3 is 1. The van der Waals surface area contributed by atoms with Crippen LogP contribution in [0.3, 0.4) is 0 Å². The summed E-state index contributed by atoms with van der Waals surface area (Å²) in [7, 11) is 3.92. The van der Waals surface area contributed by atoms with Gasteiger partial charge in [-0.25, -0.2) is 0 Å². The van der Waals surface area contributed by atoms with Gasteiger partial charge in [0.1, 0.15) is 5.75 Å². The Bertz CT molecular complexity index is 365. The molecule has 0 aliphatic carbocycles. The highest BCUT2D eigenvalue weighted by Crippen LogP contribution is 2.15. The Labute approximate surface area is 141 Å². The molecule has 0 atom stereocenters. The fourth-order valence-electron chi connectivity index (χ4n) is 2.60. The Balaban J connectivity index is 0.00000200. The Hall–Kier alpha value is -0.480. The van der Waals surface area contributed by atoms with Crippen LogP contribution in [0.1, 0.15) is 18.4 Å². The number of nitrogens with zero attached hydrogens (tertiary/aromatic N) is 1. The molecule has 1 saturated heterocycles. The van der Waals surface area contributed by atoms with Gasteiger partial charge in [-0.1, -0.05) is 12.1 Å². The standard InChI is InChI=1S/C16H26N2O.2ClH/c1-18-11-8-15(9-12-18)13-17-10-7-14-3-5-16(19-2)6-4-14;;/h3-6,15,17H,7-13H2,1-2H3;2*1H. The summed E-state index contributed by atoms with van der Waals surface area (Å²) in [4.78, 5) is 2.42. The van der Waals surface area contributed by atoms with E-state index in [9.17, 15) is 0 Å². The largest absolute Gasteiger partial charge is 0.497 e. The van der Waals surface area contributed by atoms with Crippen LogP contribution in [0.25, 0.3) is 0 Å². The average molecular weight is 335 g/mol. The summed E-state index contributed by atoms with van der Waals surface area (Å²) in [5, 5.41) is 3.60. The van der Waals surface area contributed by atoms with E-state index in [0.29, 0.717) is 0 Å². The van der Waals surface area contributed by atoms with Crippen LogP contribution in [0.15, 0.2) is 24.3 Å². The summed E-state index contributed by atoms with van der Waals surface area (Å²) >= 11 is 0. The normalized spacial score (nSPS) is 15.9. The Kier molecular flexibility index (Phi) is 10.9. The lowest BCUT2D eigenvalue weighted by atomic mass is 9.97. The second kappa shape index (κ2) is 11.1. The first-order valence-corrected chi connectivity index (χ1v) is 7.30. The van der Waals surface area contributed by atoms with Gasteiger partial charge in [-0.3, -0.25) is 0 Å². The molecule has 1 aliphatic rings. The maximum atomic E-state index is 5.16. The van der Waals surface area contributed by atoms with Crippen molar-refractivity contribution in [3.05, 3.63) is 29.8 Å². The van der Waals surface area contributed by atoms with Gasteiger partial charge in [-0.2, -0.15) is 0 Å². The summed E-state index contributed by atoms with van der Waals surface area (Å²) in [6, 6.07) is 8.37. The second-order valence-corrected chi connectivity index (χ2v) is 5.55.